The first kappa shape index (κ1) is 23.0. The van der Waals surface area contributed by atoms with Gasteiger partial charge in [-0.05, 0) is 57.9 Å². The maximum absolute atomic E-state index is 12.8. The van der Waals surface area contributed by atoms with Crippen LogP contribution in [0, 0.1) is 13.8 Å². The van der Waals surface area contributed by atoms with Crippen LogP contribution in [-0.2, 0) is 29.0 Å². The molecule has 174 valence electrons. The summed E-state index contributed by atoms with van der Waals surface area (Å²) in [6.07, 6.45) is 4.26. The van der Waals surface area contributed by atoms with Crippen molar-refractivity contribution in [1.29, 1.82) is 0 Å². The van der Waals surface area contributed by atoms with Gasteiger partial charge >= 0.3 is 5.97 Å². The Kier molecular flexibility index (Phi) is 6.83. The Morgan fingerprint density at radius 2 is 1.97 bits per heavy atom. The smallest absolute Gasteiger partial charge is 0.339 e. The molecule has 8 nitrogen and oxygen atoms in total. The molecule has 2 aromatic heterocycles. The van der Waals surface area contributed by atoms with E-state index in [2.05, 4.69) is 20.1 Å². The van der Waals surface area contributed by atoms with Gasteiger partial charge in [-0.15, -0.1) is 10.2 Å². The number of nitrogens with zero attached hydrogens (tertiary/aromatic N) is 4. The van der Waals surface area contributed by atoms with Crippen LogP contribution in [0.1, 0.15) is 53.8 Å². The number of anilines is 1. The number of rotatable bonds is 6. The maximum atomic E-state index is 12.8. The van der Waals surface area contributed by atoms with Crippen LogP contribution >= 0.6 is 11.6 Å². The highest BCUT2D eigenvalue weighted by Gasteiger charge is 2.20. The fraction of sp³-hybridized carbons (Fsp3) is 0.417. The molecule has 0 bridgehead atoms. The number of halogens is 1. The van der Waals surface area contributed by atoms with Gasteiger partial charge in [0.05, 0.1) is 17.2 Å². The lowest BCUT2D eigenvalue weighted by atomic mass is 10.1. The topological polar surface area (TPSA) is 91.0 Å². The SMILES string of the molecule is CCOC(=O)c1cc(C)n(CC(=O)Nc2ccc(Cl)c(-c3nnc4n3CCCCC4)c2)c1C. The average molecular weight is 470 g/mol. The molecule has 0 aliphatic carbocycles. The monoisotopic (exact) mass is 469 g/mol. The molecule has 3 heterocycles. The zero-order valence-electron chi connectivity index (χ0n) is 19.2. The molecule has 0 fully saturated rings. The van der Waals surface area contributed by atoms with Gasteiger partial charge in [0.1, 0.15) is 12.4 Å². The minimum absolute atomic E-state index is 0.0787. The van der Waals surface area contributed by atoms with Crippen LogP contribution in [0.2, 0.25) is 5.02 Å². The molecule has 4 rings (SSSR count). The van der Waals surface area contributed by atoms with Gasteiger partial charge in [-0.3, -0.25) is 4.79 Å². The van der Waals surface area contributed by atoms with Crippen LogP contribution in [0.15, 0.2) is 24.3 Å². The largest absolute Gasteiger partial charge is 0.462 e. The number of carbonyl (C=O) groups excluding carboxylic acids is 2. The summed E-state index contributed by atoms with van der Waals surface area (Å²) >= 11 is 6.50. The molecule has 0 spiro atoms. The molecule has 9 heteroatoms. The Balaban J connectivity index is 1.54. The second-order valence-corrected chi connectivity index (χ2v) is 8.64. The Morgan fingerprint density at radius 1 is 1.15 bits per heavy atom. The molecule has 1 N–H and O–H groups in total. The van der Waals surface area contributed by atoms with Crippen LogP contribution in [0.4, 0.5) is 5.69 Å². The van der Waals surface area contributed by atoms with E-state index < -0.39 is 0 Å². The molecular formula is C24H28ClN5O3. The molecule has 1 amide bonds. The van der Waals surface area contributed by atoms with E-state index in [-0.39, 0.29) is 18.4 Å². The van der Waals surface area contributed by atoms with E-state index in [9.17, 15) is 9.59 Å². The summed E-state index contributed by atoms with van der Waals surface area (Å²) in [6, 6.07) is 7.11. The molecule has 1 aromatic carbocycles. The fourth-order valence-electron chi connectivity index (χ4n) is 4.26. The van der Waals surface area contributed by atoms with Gasteiger partial charge in [0, 0.05) is 35.6 Å². The number of fused-ring (bicyclic) bond motifs is 1. The minimum atomic E-state index is -0.382. The normalized spacial score (nSPS) is 13.3. The van der Waals surface area contributed by atoms with Gasteiger partial charge in [0.2, 0.25) is 5.91 Å². The molecule has 33 heavy (non-hydrogen) atoms. The molecule has 1 aliphatic heterocycles. The Labute approximate surface area is 197 Å². The average Bonchev–Trinajstić information content (AvgIpc) is 3.20. The Morgan fingerprint density at radius 3 is 2.76 bits per heavy atom. The summed E-state index contributed by atoms with van der Waals surface area (Å²) in [4.78, 5) is 25.0. The predicted molar refractivity (Wildman–Crippen MR) is 127 cm³/mol. The van der Waals surface area contributed by atoms with Crippen LogP contribution in [0.25, 0.3) is 11.4 Å². The van der Waals surface area contributed by atoms with E-state index in [0.29, 0.717) is 28.6 Å². The van der Waals surface area contributed by atoms with Crippen molar-refractivity contribution in [2.45, 2.75) is 59.5 Å². The van der Waals surface area contributed by atoms with Gasteiger partial charge in [-0.1, -0.05) is 18.0 Å². The highest BCUT2D eigenvalue weighted by molar-refractivity contribution is 6.33. The highest BCUT2D eigenvalue weighted by atomic mass is 35.5. The van der Waals surface area contributed by atoms with E-state index >= 15 is 0 Å². The molecule has 0 saturated heterocycles. The van der Waals surface area contributed by atoms with E-state index in [1.54, 1.807) is 29.7 Å². The fourth-order valence-corrected chi connectivity index (χ4v) is 4.46. The second kappa shape index (κ2) is 9.79. The van der Waals surface area contributed by atoms with E-state index in [1.807, 2.05) is 19.9 Å². The van der Waals surface area contributed by atoms with Crippen molar-refractivity contribution in [2.24, 2.45) is 0 Å². The number of ether oxygens (including phenoxy) is 1. The highest BCUT2D eigenvalue weighted by Crippen LogP contribution is 2.31. The summed E-state index contributed by atoms with van der Waals surface area (Å²) < 4.78 is 9.04. The van der Waals surface area contributed by atoms with Crippen molar-refractivity contribution in [3.8, 4) is 11.4 Å². The number of hydrogen-bond donors (Lipinski definition) is 1. The summed E-state index contributed by atoms with van der Waals surface area (Å²) in [5.41, 5.74) is 3.35. The molecule has 1 aliphatic rings. The van der Waals surface area contributed by atoms with E-state index in [0.717, 1.165) is 48.7 Å². The van der Waals surface area contributed by atoms with Crippen molar-refractivity contribution in [3.63, 3.8) is 0 Å². The summed E-state index contributed by atoms with van der Waals surface area (Å²) in [5, 5.41) is 12.2. The van der Waals surface area contributed by atoms with Crippen LogP contribution in [0.3, 0.4) is 0 Å². The number of benzene rings is 1. The number of aryl methyl sites for hydroxylation is 2. The number of aromatic nitrogens is 4. The minimum Gasteiger partial charge on any atom is -0.462 e. The Bertz CT molecular complexity index is 1200. The summed E-state index contributed by atoms with van der Waals surface area (Å²) in [7, 11) is 0. The van der Waals surface area contributed by atoms with Gasteiger partial charge in [-0.2, -0.15) is 0 Å². The lowest BCUT2D eigenvalue weighted by molar-refractivity contribution is -0.116. The second-order valence-electron chi connectivity index (χ2n) is 8.24. The van der Waals surface area contributed by atoms with Crippen LogP contribution in [0.5, 0.6) is 0 Å². The van der Waals surface area contributed by atoms with Crippen LogP contribution in [-0.4, -0.2) is 37.8 Å². The standard InChI is InChI=1S/C24H28ClN5O3/c1-4-33-24(32)18-12-15(2)30(16(18)3)14-22(31)26-17-9-10-20(25)19(13-17)23-28-27-21-8-6-5-7-11-29(21)23/h9-10,12-13H,4-8,11,14H2,1-3H3,(H,26,31). The van der Waals surface area contributed by atoms with E-state index in [1.165, 1.54) is 6.42 Å². The van der Waals surface area contributed by atoms with E-state index in [4.69, 9.17) is 16.3 Å². The van der Waals surface area contributed by atoms with Crippen molar-refractivity contribution < 1.29 is 14.3 Å². The van der Waals surface area contributed by atoms with Crippen molar-refractivity contribution >= 4 is 29.2 Å². The van der Waals surface area contributed by atoms with Crippen molar-refractivity contribution in [1.82, 2.24) is 19.3 Å². The Hall–Kier alpha value is -3.13. The molecular weight excluding hydrogens is 442 g/mol. The molecule has 0 unspecified atom stereocenters. The summed E-state index contributed by atoms with van der Waals surface area (Å²) in [6.45, 7) is 6.68. The molecule has 0 radical (unpaired) electrons. The number of esters is 1. The van der Waals surface area contributed by atoms with Gasteiger partial charge in [0.15, 0.2) is 5.82 Å². The predicted octanol–water partition coefficient (Wildman–Crippen LogP) is 4.56. The molecule has 0 saturated carbocycles. The lowest BCUT2D eigenvalue weighted by Crippen LogP contribution is -2.20. The third-order valence-electron chi connectivity index (χ3n) is 5.97. The van der Waals surface area contributed by atoms with Gasteiger partial charge in [0.25, 0.3) is 0 Å². The van der Waals surface area contributed by atoms with Crippen molar-refractivity contribution in [3.05, 3.63) is 52.1 Å². The quantitative estimate of drug-likeness (QED) is 0.534. The molecule has 3 aromatic rings. The third-order valence-corrected chi connectivity index (χ3v) is 6.30. The van der Waals surface area contributed by atoms with Crippen molar-refractivity contribution in [2.75, 3.05) is 11.9 Å². The lowest BCUT2D eigenvalue weighted by Gasteiger charge is -2.13. The summed E-state index contributed by atoms with van der Waals surface area (Å²) in [5.74, 6) is 1.11. The first-order chi connectivity index (χ1) is 15.9. The van der Waals surface area contributed by atoms with Gasteiger partial charge < -0.3 is 19.2 Å². The number of amides is 1. The zero-order valence-corrected chi connectivity index (χ0v) is 19.9. The first-order valence-electron chi connectivity index (χ1n) is 11.2. The first-order valence-corrected chi connectivity index (χ1v) is 11.6. The molecule has 0 atom stereocenters. The number of carbonyl (C=O) groups is 2. The number of nitrogens with one attached hydrogen (secondary N) is 1. The zero-order chi connectivity index (χ0) is 23.5. The number of hydrogen-bond acceptors (Lipinski definition) is 5. The third kappa shape index (κ3) is 4.80. The maximum Gasteiger partial charge on any atom is 0.339 e. The van der Waals surface area contributed by atoms with Gasteiger partial charge in [-0.25, -0.2) is 4.79 Å². The van der Waals surface area contributed by atoms with Crippen LogP contribution < -0.4 is 5.32 Å².